The third-order valence-electron chi connectivity index (χ3n) is 4.29. The molecule has 0 aliphatic heterocycles. The second-order valence-corrected chi connectivity index (χ2v) is 7.21. The lowest BCUT2D eigenvalue weighted by molar-refractivity contribution is -0.857. The van der Waals surface area contributed by atoms with Gasteiger partial charge in [0.15, 0.2) is 5.11 Å². The van der Waals surface area contributed by atoms with Crippen LogP contribution in [0.5, 0.6) is 0 Å². The molecule has 0 radical (unpaired) electrons. The standard InChI is InChI=1S/C20H22FN5OS/c1-25(2)11-12-26(20(28)23-17-10-6-4-8-15(17)21)13-18-22-16-9-5-3-7-14(16)19(27)24-18/h3-10H,11-13H2,1-2H3,(H,23,28)(H,22,24,27)/p+1. The van der Waals surface area contributed by atoms with Crippen molar-refractivity contribution < 1.29 is 9.29 Å². The average Bonchev–Trinajstić information content (AvgIpc) is 2.66. The molecule has 146 valence electrons. The summed E-state index contributed by atoms with van der Waals surface area (Å²) in [7, 11) is 4.09. The van der Waals surface area contributed by atoms with E-state index in [1.807, 2.05) is 25.1 Å². The first-order valence-corrected chi connectivity index (χ1v) is 9.42. The van der Waals surface area contributed by atoms with Crippen LogP contribution in [-0.2, 0) is 6.54 Å². The molecule has 3 N–H and O–H groups in total. The number of para-hydroxylation sites is 2. The van der Waals surface area contributed by atoms with Crippen LogP contribution in [0.25, 0.3) is 10.9 Å². The molecule has 0 aliphatic carbocycles. The molecule has 0 saturated carbocycles. The van der Waals surface area contributed by atoms with Crippen molar-refractivity contribution in [3.8, 4) is 0 Å². The Morgan fingerprint density at radius 3 is 2.68 bits per heavy atom. The number of aromatic amines is 1. The van der Waals surface area contributed by atoms with Gasteiger partial charge in [0.05, 0.1) is 50.3 Å². The average molecular weight is 401 g/mol. The summed E-state index contributed by atoms with van der Waals surface area (Å²) in [5, 5.41) is 3.88. The van der Waals surface area contributed by atoms with E-state index < -0.39 is 0 Å². The maximum atomic E-state index is 14.0. The highest BCUT2D eigenvalue weighted by Gasteiger charge is 2.15. The quantitative estimate of drug-likeness (QED) is 0.546. The van der Waals surface area contributed by atoms with Gasteiger partial charge in [0, 0.05) is 0 Å². The lowest BCUT2D eigenvalue weighted by atomic mass is 10.2. The number of anilines is 1. The van der Waals surface area contributed by atoms with Crippen molar-refractivity contribution in [2.75, 3.05) is 32.5 Å². The van der Waals surface area contributed by atoms with Crippen LogP contribution in [0, 0.1) is 5.82 Å². The molecule has 3 rings (SSSR count). The monoisotopic (exact) mass is 400 g/mol. The van der Waals surface area contributed by atoms with Gasteiger partial charge in [-0.05, 0) is 36.5 Å². The molecular weight excluding hydrogens is 377 g/mol. The molecule has 1 heterocycles. The van der Waals surface area contributed by atoms with Crippen molar-refractivity contribution >= 4 is 33.9 Å². The first kappa shape index (κ1) is 19.9. The Kier molecular flexibility index (Phi) is 6.33. The Morgan fingerprint density at radius 1 is 1.21 bits per heavy atom. The molecule has 3 aromatic rings. The van der Waals surface area contributed by atoms with Crippen molar-refractivity contribution in [1.29, 1.82) is 0 Å². The molecule has 0 saturated heterocycles. The zero-order valence-electron chi connectivity index (χ0n) is 15.8. The van der Waals surface area contributed by atoms with E-state index in [0.717, 1.165) is 6.54 Å². The van der Waals surface area contributed by atoms with Crippen LogP contribution in [0.3, 0.4) is 0 Å². The zero-order valence-corrected chi connectivity index (χ0v) is 16.6. The number of quaternary nitrogens is 1. The Hall–Kier alpha value is -2.84. The molecule has 2 aromatic carbocycles. The van der Waals surface area contributed by atoms with Gasteiger partial charge in [-0.25, -0.2) is 9.37 Å². The fourth-order valence-electron chi connectivity index (χ4n) is 2.76. The van der Waals surface area contributed by atoms with Crippen LogP contribution in [0.2, 0.25) is 0 Å². The minimum atomic E-state index is -0.375. The Morgan fingerprint density at radius 2 is 1.93 bits per heavy atom. The molecule has 0 atom stereocenters. The highest BCUT2D eigenvalue weighted by atomic mass is 32.1. The number of fused-ring (bicyclic) bond motifs is 1. The summed E-state index contributed by atoms with van der Waals surface area (Å²) < 4.78 is 14.0. The number of halogens is 1. The van der Waals surface area contributed by atoms with Gasteiger partial charge < -0.3 is 20.1 Å². The number of H-pyrrole nitrogens is 1. The van der Waals surface area contributed by atoms with Crippen molar-refractivity contribution in [2.24, 2.45) is 0 Å². The van der Waals surface area contributed by atoms with Gasteiger partial charge in [-0.2, -0.15) is 0 Å². The van der Waals surface area contributed by atoms with E-state index in [9.17, 15) is 9.18 Å². The number of hydrogen-bond donors (Lipinski definition) is 3. The van der Waals surface area contributed by atoms with E-state index in [4.69, 9.17) is 12.2 Å². The van der Waals surface area contributed by atoms with Gasteiger partial charge in [-0.3, -0.25) is 4.79 Å². The van der Waals surface area contributed by atoms with Crippen molar-refractivity contribution in [2.45, 2.75) is 6.54 Å². The van der Waals surface area contributed by atoms with Crippen molar-refractivity contribution in [3.63, 3.8) is 0 Å². The first-order chi connectivity index (χ1) is 13.4. The summed E-state index contributed by atoms with van der Waals surface area (Å²) in [5.41, 5.74) is 0.758. The third-order valence-corrected chi connectivity index (χ3v) is 4.65. The molecule has 6 nitrogen and oxygen atoms in total. The summed E-state index contributed by atoms with van der Waals surface area (Å²) in [6.07, 6.45) is 0. The topological polar surface area (TPSA) is 65.5 Å². The molecular formula is C20H23FN5OS+. The Balaban J connectivity index is 1.84. The molecule has 0 spiro atoms. The number of aromatic nitrogens is 2. The normalized spacial score (nSPS) is 11.0. The second kappa shape index (κ2) is 8.90. The smallest absolute Gasteiger partial charge is 0.258 e. The summed E-state index contributed by atoms with van der Waals surface area (Å²) in [6, 6.07) is 13.6. The molecule has 8 heteroatoms. The van der Waals surface area contributed by atoms with E-state index in [2.05, 4.69) is 15.3 Å². The summed E-state index contributed by atoms with van der Waals surface area (Å²) >= 11 is 5.52. The van der Waals surface area contributed by atoms with Crippen LogP contribution >= 0.6 is 12.2 Å². The van der Waals surface area contributed by atoms with Crippen LogP contribution in [0.4, 0.5) is 10.1 Å². The first-order valence-electron chi connectivity index (χ1n) is 9.01. The van der Waals surface area contributed by atoms with Crippen LogP contribution in [-0.4, -0.2) is 47.2 Å². The lowest BCUT2D eigenvalue weighted by Gasteiger charge is -2.26. The number of nitrogens with zero attached hydrogens (tertiary/aromatic N) is 2. The summed E-state index contributed by atoms with van der Waals surface area (Å²) in [6.45, 7) is 1.75. The molecule has 1 aromatic heterocycles. The molecule has 0 unspecified atom stereocenters. The number of rotatable bonds is 6. The van der Waals surface area contributed by atoms with Gasteiger partial charge in [0.25, 0.3) is 5.56 Å². The van der Waals surface area contributed by atoms with E-state index in [-0.39, 0.29) is 11.4 Å². The van der Waals surface area contributed by atoms with Gasteiger partial charge in [-0.15, -0.1) is 0 Å². The van der Waals surface area contributed by atoms with Gasteiger partial charge in [0.2, 0.25) is 0 Å². The van der Waals surface area contributed by atoms with Crippen LogP contribution < -0.4 is 15.8 Å². The van der Waals surface area contributed by atoms with E-state index in [0.29, 0.717) is 40.6 Å². The van der Waals surface area contributed by atoms with E-state index >= 15 is 0 Å². The highest BCUT2D eigenvalue weighted by Crippen LogP contribution is 2.14. The largest absolute Gasteiger partial charge is 0.338 e. The Labute approximate surface area is 168 Å². The van der Waals surface area contributed by atoms with Crippen molar-refractivity contribution in [1.82, 2.24) is 14.9 Å². The van der Waals surface area contributed by atoms with Crippen LogP contribution in [0.1, 0.15) is 5.82 Å². The fraction of sp³-hybridized carbons (Fsp3) is 0.250. The molecule has 0 aliphatic rings. The minimum absolute atomic E-state index is 0.188. The predicted octanol–water partition coefficient (Wildman–Crippen LogP) is 1.41. The predicted molar refractivity (Wildman–Crippen MR) is 113 cm³/mol. The fourth-order valence-corrected chi connectivity index (χ4v) is 3.02. The SMILES string of the molecule is C[NH+](C)CCN(Cc1nc2ccccc2c(=O)[nH]1)C(=S)Nc1ccccc1F. The number of nitrogens with one attached hydrogen (secondary N) is 3. The highest BCUT2D eigenvalue weighted by molar-refractivity contribution is 7.80. The second-order valence-electron chi connectivity index (χ2n) is 6.82. The third kappa shape index (κ3) is 4.90. The number of thiocarbonyl (C=S) groups is 1. The van der Waals surface area contributed by atoms with Crippen LogP contribution in [0.15, 0.2) is 53.3 Å². The number of hydrogen-bond acceptors (Lipinski definition) is 3. The molecule has 0 amide bonds. The maximum absolute atomic E-state index is 14.0. The lowest BCUT2D eigenvalue weighted by Crippen LogP contribution is -3.06. The number of likely N-dealkylation sites (N-methyl/N-ethyl adjacent to an activating group) is 1. The molecule has 0 fully saturated rings. The molecule has 28 heavy (non-hydrogen) atoms. The van der Waals surface area contributed by atoms with E-state index in [1.165, 1.54) is 11.0 Å². The maximum Gasteiger partial charge on any atom is 0.258 e. The van der Waals surface area contributed by atoms with Crippen molar-refractivity contribution in [3.05, 3.63) is 70.5 Å². The zero-order chi connectivity index (χ0) is 20.1. The molecule has 0 bridgehead atoms. The Bertz CT molecular complexity index is 1040. The van der Waals surface area contributed by atoms with Gasteiger partial charge in [-0.1, -0.05) is 24.3 Å². The van der Waals surface area contributed by atoms with Gasteiger partial charge in [0.1, 0.15) is 11.6 Å². The summed E-state index contributed by atoms with van der Waals surface area (Å²) in [5.74, 6) is 0.135. The summed E-state index contributed by atoms with van der Waals surface area (Å²) in [4.78, 5) is 22.8. The van der Waals surface area contributed by atoms with E-state index in [1.54, 1.807) is 36.4 Å². The van der Waals surface area contributed by atoms with Gasteiger partial charge >= 0.3 is 0 Å². The number of benzene rings is 2. The minimum Gasteiger partial charge on any atom is -0.338 e.